The van der Waals surface area contributed by atoms with Gasteiger partial charge in [-0.25, -0.2) is 0 Å². The molecule has 1 heterocycles. The molecule has 4 nitrogen and oxygen atoms in total. The van der Waals surface area contributed by atoms with Crippen LogP contribution < -0.4 is 10.1 Å². The number of nitrogens with one attached hydrogen (secondary N) is 1. The number of aryl methyl sites for hydroxylation is 1. The van der Waals surface area contributed by atoms with Crippen molar-refractivity contribution >= 4 is 0 Å². The van der Waals surface area contributed by atoms with Gasteiger partial charge in [0.25, 0.3) is 0 Å². The van der Waals surface area contributed by atoms with Gasteiger partial charge in [-0.3, -0.25) is 4.68 Å². The lowest BCUT2D eigenvalue weighted by molar-refractivity contribution is 0.386. The Morgan fingerprint density at radius 1 is 1.33 bits per heavy atom. The van der Waals surface area contributed by atoms with Gasteiger partial charge < -0.3 is 10.1 Å². The molecule has 1 unspecified atom stereocenters. The van der Waals surface area contributed by atoms with Crippen LogP contribution in [0.3, 0.4) is 0 Å². The minimum atomic E-state index is 0.334. The average molecular weight is 253 g/mol. The summed E-state index contributed by atoms with van der Waals surface area (Å²) >= 11 is 0. The molecule has 4 heteroatoms. The fourth-order valence-electron chi connectivity index (χ4n) is 2.29. The van der Waals surface area contributed by atoms with Crippen molar-refractivity contribution in [3.63, 3.8) is 0 Å². The SMILES string of the molecule is CCCCCC(NC)c1c(OC)cnn1CCC. The lowest BCUT2D eigenvalue weighted by Crippen LogP contribution is -2.21. The summed E-state index contributed by atoms with van der Waals surface area (Å²) in [5.41, 5.74) is 1.19. The molecule has 0 radical (unpaired) electrons. The third-order valence-corrected chi connectivity index (χ3v) is 3.28. The van der Waals surface area contributed by atoms with Crippen molar-refractivity contribution in [3.8, 4) is 5.75 Å². The van der Waals surface area contributed by atoms with Crippen LogP contribution >= 0.6 is 0 Å². The van der Waals surface area contributed by atoms with E-state index in [9.17, 15) is 0 Å². The highest BCUT2D eigenvalue weighted by molar-refractivity contribution is 5.28. The molecular weight excluding hydrogens is 226 g/mol. The van der Waals surface area contributed by atoms with E-state index in [0.717, 1.165) is 25.1 Å². The van der Waals surface area contributed by atoms with Crippen LogP contribution in [0.15, 0.2) is 6.20 Å². The zero-order valence-corrected chi connectivity index (χ0v) is 12.2. The summed E-state index contributed by atoms with van der Waals surface area (Å²) < 4.78 is 7.51. The number of ether oxygens (including phenoxy) is 1. The van der Waals surface area contributed by atoms with Gasteiger partial charge >= 0.3 is 0 Å². The summed E-state index contributed by atoms with van der Waals surface area (Å²) in [7, 11) is 3.73. The second kappa shape index (κ2) is 8.14. The summed E-state index contributed by atoms with van der Waals surface area (Å²) in [5, 5.41) is 7.82. The lowest BCUT2D eigenvalue weighted by atomic mass is 10.0. The molecule has 0 bridgehead atoms. The van der Waals surface area contributed by atoms with E-state index in [1.54, 1.807) is 7.11 Å². The number of unbranched alkanes of at least 4 members (excludes halogenated alkanes) is 2. The van der Waals surface area contributed by atoms with E-state index in [1.807, 2.05) is 13.2 Å². The molecule has 0 aromatic carbocycles. The van der Waals surface area contributed by atoms with Gasteiger partial charge in [0.15, 0.2) is 5.75 Å². The first kappa shape index (κ1) is 15.0. The predicted molar refractivity (Wildman–Crippen MR) is 75.0 cm³/mol. The molecule has 0 saturated carbocycles. The Balaban J connectivity index is 2.83. The van der Waals surface area contributed by atoms with E-state index in [0.29, 0.717) is 6.04 Å². The van der Waals surface area contributed by atoms with Crippen molar-refractivity contribution in [1.82, 2.24) is 15.1 Å². The Bertz CT molecular complexity index is 336. The highest BCUT2D eigenvalue weighted by Gasteiger charge is 2.19. The van der Waals surface area contributed by atoms with E-state index in [-0.39, 0.29) is 0 Å². The van der Waals surface area contributed by atoms with Gasteiger partial charge in [0.2, 0.25) is 0 Å². The molecule has 1 aromatic heterocycles. The Morgan fingerprint density at radius 3 is 2.67 bits per heavy atom. The fraction of sp³-hybridized carbons (Fsp3) is 0.786. The monoisotopic (exact) mass is 253 g/mol. The average Bonchev–Trinajstić information content (AvgIpc) is 2.78. The van der Waals surface area contributed by atoms with Crippen LogP contribution in [0.4, 0.5) is 0 Å². The minimum absolute atomic E-state index is 0.334. The largest absolute Gasteiger partial charge is 0.493 e. The molecule has 1 N–H and O–H groups in total. The molecular formula is C14H27N3O. The third-order valence-electron chi connectivity index (χ3n) is 3.28. The molecule has 0 aliphatic carbocycles. The van der Waals surface area contributed by atoms with Gasteiger partial charge in [-0.05, 0) is 19.9 Å². The van der Waals surface area contributed by atoms with Crippen LogP contribution in [0.5, 0.6) is 5.75 Å². The molecule has 1 atom stereocenters. The fourth-order valence-corrected chi connectivity index (χ4v) is 2.29. The van der Waals surface area contributed by atoms with Crippen molar-refractivity contribution in [2.24, 2.45) is 0 Å². The van der Waals surface area contributed by atoms with Crippen LogP contribution in [0, 0.1) is 0 Å². The van der Waals surface area contributed by atoms with Gasteiger partial charge in [-0.15, -0.1) is 0 Å². The van der Waals surface area contributed by atoms with E-state index in [4.69, 9.17) is 4.74 Å². The molecule has 18 heavy (non-hydrogen) atoms. The molecule has 0 spiro atoms. The number of rotatable bonds is 9. The Hall–Kier alpha value is -1.03. The smallest absolute Gasteiger partial charge is 0.161 e. The van der Waals surface area contributed by atoms with Gasteiger partial charge in [0, 0.05) is 6.54 Å². The maximum absolute atomic E-state index is 5.44. The van der Waals surface area contributed by atoms with Crippen molar-refractivity contribution < 1.29 is 4.74 Å². The lowest BCUT2D eigenvalue weighted by Gasteiger charge is -2.19. The van der Waals surface area contributed by atoms with Gasteiger partial charge in [-0.1, -0.05) is 33.1 Å². The maximum Gasteiger partial charge on any atom is 0.161 e. The Morgan fingerprint density at radius 2 is 2.11 bits per heavy atom. The quantitative estimate of drug-likeness (QED) is 0.687. The molecule has 104 valence electrons. The number of nitrogens with zero attached hydrogens (tertiary/aromatic N) is 2. The summed E-state index contributed by atoms with van der Waals surface area (Å²) in [6, 6.07) is 0.334. The molecule has 0 aliphatic rings. The van der Waals surface area contributed by atoms with E-state index < -0.39 is 0 Å². The van der Waals surface area contributed by atoms with Crippen molar-refractivity contribution in [2.75, 3.05) is 14.2 Å². The van der Waals surface area contributed by atoms with Crippen molar-refractivity contribution in [3.05, 3.63) is 11.9 Å². The van der Waals surface area contributed by atoms with E-state index >= 15 is 0 Å². The van der Waals surface area contributed by atoms with Gasteiger partial charge in [0.05, 0.1) is 25.0 Å². The Labute approximate surface area is 111 Å². The second-order valence-corrected chi connectivity index (χ2v) is 4.66. The topological polar surface area (TPSA) is 39.1 Å². The molecule has 0 amide bonds. The van der Waals surface area contributed by atoms with Crippen LogP contribution in [-0.4, -0.2) is 23.9 Å². The van der Waals surface area contributed by atoms with Crippen LogP contribution in [0.2, 0.25) is 0 Å². The standard InChI is InChI=1S/C14H27N3O/c1-5-7-8-9-12(15-3)14-13(18-4)11-16-17(14)10-6-2/h11-12,15H,5-10H2,1-4H3. The molecule has 1 rings (SSSR count). The molecule has 1 aromatic rings. The van der Waals surface area contributed by atoms with E-state index in [2.05, 4.69) is 28.9 Å². The van der Waals surface area contributed by atoms with Crippen LogP contribution in [0.25, 0.3) is 0 Å². The Kier molecular flexibility index (Phi) is 6.80. The summed E-state index contributed by atoms with van der Waals surface area (Å²) in [6.45, 7) is 5.35. The first-order chi connectivity index (χ1) is 8.78. The number of hydrogen-bond donors (Lipinski definition) is 1. The summed E-state index contributed by atoms with van der Waals surface area (Å²) in [5.74, 6) is 0.902. The molecule has 0 saturated heterocycles. The third kappa shape index (κ3) is 3.73. The van der Waals surface area contributed by atoms with Crippen LogP contribution in [0.1, 0.15) is 57.7 Å². The highest BCUT2D eigenvalue weighted by Crippen LogP contribution is 2.28. The van der Waals surface area contributed by atoms with Crippen LogP contribution in [-0.2, 0) is 6.54 Å². The normalized spacial score (nSPS) is 12.7. The van der Waals surface area contributed by atoms with Crippen molar-refractivity contribution in [2.45, 2.75) is 58.5 Å². The highest BCUT2D eigenvalue weighted by atomic mass is 16.5. The van der Waals surface area contributed by atoms with Gasteiger partial charge in [0.1, 0.15) is 0 Å². The molecule has 0 aliphatic heterocycles. The van der Waals surface area contributed by atoms with Crippen molar-refractivity contribution in [1.29, 1.82) is 0 Å². The molecule has 0 fully saturated rings. The summed E-state index contributed by atoms with van der Waals surface area (Å²) in [6.07, 6.45) is 7.82. The number of aromatic nitrogens is 2. The second-order valence-electron chi connectivity index (χ2n) is 4.66. The first-order valence-electron chi connectivity index (χ1n) is 7.05. The number of hydrogen-bond acceptors (Lipinski definition) is 3. The zero-order valence-electron chi connectivity index (χ0n) is 12.2. The van der Waals surface area contributed by atoms with Gasteiger partial charge in [-0.2, -0.15) is 5.10 Å². The predicted octanol–water partition coefficient (Wildman–Crippen LogP) is 3.14. The van der Waals surface area contributed by atoms with E-state index in [1.165, 1.54) is 25.0 Å². The first-order valence-corrected chi connectivity index (χ1v) is 7.05. The minimum Gasteiger partial charge on any atom is -0.493 e. The maximum atomic E-state index is 5.44. The summed E-state index contributed by atoms with van der Waals surface area (Å²) in [4.78, 5) is 0. The number of methoxy groups -OCH3 is 1. The zero-order chi connectivity index (χ0) is 13.4.